The van der Waals surface area contributed by atoms with Crippen LogP contribution < -0.4 is 10.1 Å². The lowest BCUT2D eigenvalue weighted by Crippen LogP contribution is -2.28. The van der Waals surface area contributed by atoms with Crippen LogP contribution in [0, 0.1) is 11.2 Å². The number of nitrogens with one attached hydrogen (secondary N) is 1. The van der Waals surface area contributed by atoms with E-state index in [2.05, 4.69) is 19.2 Å². The van der Waals surface area contributed by atoms with Crippen LogP contribution in [0.4, 0.5) is 4.39 Å². The molecular weight excluding hydrogens is 229 g/mol. The number of hydrogen-bond acceptors (Lipinski definition) is 2. The van der Waals surface area contributed by atoms with Crippen molar-refractivity contribution in [2.75, 3.05) is 13.7 Å². The third-order valence-electron chi connectivity index (χ3n) is 3.84. The molecule has 1 unspecified atom stereocenters. The van der Waals surface area contributed by atoms with Crippen molar-refractivity contribution < 1.29 is 9.13 Å². The fourth-order valence-electron chi connectivity index (χ4n) is 2.40. The van der Waals surface area contributed by atoms with Crippen molar-refractivity contribution >= 4 is 0 Å². The zero-order chi connectivity index (χ0) is 13.2. The summed E-state index contributed by atoms with van der Waals surface area (Å²) in [6.07, 6.45) is 3.51. The van der Waals surface area contributed by atoms with Gasteiger partial charge in [-0.3, -0.25) is 0 Å². The molecule has 1 N–H and O–H groups in total. The van der Waals surface area contributed by atoms with E-state index in [1.807, 2.05) is 6.07 Å². The van der Waals surface area contributed by atoms with Crippen LogP contribution in [0.1, 0.15) is 44.7 Å². The van der Waals surface area contributed by atoms with E-state index in [1.165, 1.54) is 20.0 Å². The number of rotatable bonds is 6. The van der Waals surface area contributed by atoms with Gasteiger partial charge in [0.05, 0.1) is 7.11 Å². The van der Waals surface area contributed by atoms with E-state index < -0.39 is 0 Å². The van der Waals surface area contributed by atoms with Gasteiger partial charge in [-0.1, -0.05) is 19.9 Å². The third-order valence-corrected chi connectivity index (χ3v) is 3.84. The number of halogens is 1. The second-order valence-corrected chi connectivity index (χ2v) is 5.44. The smallest absolute Gasteiger partial charge is 0.165 e. The Balaban J connectivity index is 2.22. The minimum atomic E-state index is -0.275. The van der Waals surface area contributed by atoms with Crippen LogP contribution in [0.5, 0.6) is 5.75 Å². The molecule has 2 rings (SSSR count). The molecule has 1 fully saturated rings. The Kier molecular flexibility index (Phi) is 3.91. The van der Waals surface area contributed by atoms with Gasteiger partial charge in [0.25, 0.3) is 0 Å². The van der Waals surface area contributed by atoms with Crippen LogP contribution in [-0.4, -0.2) is 13.7 Å². The summed E-state index contributed by atoms with van der Waals surface area (Å²) in [5.41, 5.74) is 1.32. The summed E-state index contributed by atoms with van der Waals surface area (Å²) >= 11 is 0. The Bertz CT molecular complexity index is 415. The first-order chi connectivity index (χ1) is 8.60. The largest absolute Gasteiger partial charge is 0.494 e. The van der Waals surface area contributed by atoms with Gasteiger partial charge in [0, 0.05) is 6.04 Å². The van der Waals surface area contributed by atoms with Gasteiger partial charge in [-0.15, -0.1) is 0 Å². The lowest BCUT2D eigenvalue weighted by Gasteiger charge is -2.25. The summed E-state index contributed by atoms with van der Waals surface area (Å²) in [6.45, 7) is 5.38. The third kappa shape index (κ3) is 2.66. The molecular formula is C15H22FNO. The van der Waals surface area contributed by atoms with Crippen LogP contribution in [-0.2, 0) is 0 Å². The fraction of sp³-hybridized carbons (Fsp3) is 0.600. The molecule has 1 aromatic carbocycles. The van der Waals surface area contributed by atoms with E-state index in [0.717, 1.165) is 18.5 Å². The molecule has 0 saturated heterocycles. The Labute approximate surface area is 109 Å². The first-order valence-corrected chi connectivity index (χ1v) is 6.67. The molecule has 0 bridgehead atoms. The lowest BCUT2D eigenvalue weighted by atomic mass is 9.91. The van der Waals surface area contributed by atoms with Gasteiger partial charge in [0.15, 0.2) is 11.6 Å². The Morgan fingerprint density at radius 1 is 1.44 bits per heavy atom. The molecule has 0 aliphatic heterocycles. The maximum absolute atomic E-state index is 13.8. The van der Waals surface area contributed by atoms with Gasteiger partial charge < -0.3 is 10.1 Å². The van der Waals surface area contributed by atoms with E-state index in [-0.39, 0.29) is 17.3 Å². The van der Waals surface area contributed by atoms with Crippen LogP contribution in [0.2, 0.25) is 0 Å². The highest BCUT2D eigenvalue weighted by Gasteiger charge is 2.45. The molecule has 0 heterocycles. The maximum Gasteiger partial charge on any atom is 0.165 e. The molecule has 0 spiro atoms. The van der Waals surface area contributed by atoms with E-state index in [1.54, 1.807) is 12.1 Å². The second kappa shape index (κ2) is 5.27. The minimum Gasteiger partial charge on any atom is -0.494 e. The van der Waals surface area contributed by atoms with Gasteiger partial charge in [-0.2, -0.15) is 0 Å². The first kappa shape index (κ1) is 13.3. The van der Waals surface area contributed by atoms with Crippen LogP contribution in [0.15, 0.2) is 18.2 Å². The van der Waals surface area contributed by atoms with Crippen molar-refractivity contribution in [1.29, 1.82) is 0 Å². The zero-order valence-corrected chi connectivity index (χ0v) is 11.4. The number of benzene rings is 1. The highest BCUT2D eigenvalue weighted by molar-refractivity contribution is 5.32. The second-order valence-electron chi connectivity index (χ2n) is 5.44. The molecule has 1 atom stereocenters. The summed E-state index contributed by atoms with van der Waals surface area (Å²) in [5, 5.41) is 3.55. The van der Waals surface area contributed by atoms with Gasteiger partial charge in [-0.25, -0.2) is 4.39 Å². The molecule has 18 heavy (non-hydrogen) atoms. The molecule has 1 saturated carbocycles. The van der Waals surface area contributed by atoms with E-state index in [4.69, 9.17) is 4.74 Å². The van der Waals surface area contributed by atoms with Crippen LogP contribution in [0.25, 0.3) is 0 Å². The van der Waals surface area contributed by atoms with Gasteiger partial charge in [0.2, 0.25) is 0 Å². The summed E-state index contributed by atoms with van der Waals surface area (Å²) in [5.74, 6) is 0.0384. The predicted molar refractivity (Wildman–Crippen MR) is 71.3 cm³/mol. The molecule has 100 valence electrons. The molecule has 1 aliphatic carbocycles. The SMILES string of the molecule is CCCNC(c1ccc(OC)c(F)c1)C1(C)CC1. The molecule has 0 radical (unpaired) electrons. The van der Waals surface area contributed by atoms with Crippen molar-refractivity contribution in [2.24, 2.45) is 5.41 Å². The summed E-state index contributed by atoms with van der Waals surface area (Å²) in [7, 11) is 1.49. The summed E-state index contributed by atoms with van der Waals surface area (Å²) in [6, 6.07) is 5.55. The summed E-state index contributed by atoms with van der Waals surface area (Å²) in [4.78, 5) is 0. The van der Waals surface area contributed by atoms with Crippen LogP contribution in [0.3, 0.4) is 0 Å². The number of ether oxygens (including phenoxy) is 1. The standard InChI is InChI=1S/C15H22FNO/c1-4-9-17-14(15(2)7-8-15)11-5-6-13(18-3)12(16)10-11/h5-6,10,14,17H,4,7-9H2,1-3H3. The molecule has 3 heteroatoms. The van der Waals surface area contributed by atoms with Gasteiger partial charge >= 0.3 is 0 Å². The minimum absolute atomic E-state index is 0.248. The highest BCUT2D eigenvalue weighted by Crippen LogP contribution is 2.54. The number of hydrogen-bond donors (Lipinski definition) is 1. The van der Waals surface area contributed by atoms with Gasteiger partial charge in [-0.05, 0) is 48.9 Å². The van der Waals surface area contributed by atoms with Gasteiger partial charge in [0.1, 0.15) is 0 Å². The Hall–Kier alpha value is -1.09. The summed E-state index contributed by atoms with van der Waals surface area (Å²) < 4.78 is 18.8. The Morgan fingerprint density at radius 3 is 2.67 bits per heavy atom. The highest BCUT2D eigenvalue weighted by atomic mass is 19.1. The normalized spacial score (nSPS) is 18.4. The van der Waals surface area contributed by atoms with E-state index in [0.29, 0.717) is 5.75 Å². The molecule has 1 aliphatic rings. The average molecular weight is 251 g/mol. The zero-order valence-electron chi connectivity index (χ0n) is 11.4. The van der Waals surface area contributed by atoms with Crippen molar-refractivity contribution in [3.05, 3.63) is 29.6 Å². The molecule has 2 nitrogen and oxygen atoms in total. The van der Waals surface area contributed by atoms with E-state index in [9.17, 15) is 4.39 Å². The van der Waals surface area contributed by atoms with Crippen LogP contribution >= 0.6 is 0 Å². The number of methoxy groups -OCH3 is 1. The molecule has 0 amide bonds. The molecule has 1 aromatic rings. The van der Waals surface area contributed by atoms with Crippen molar-refractivity contribution in [2.45, 2.75) is 39.2 Å². The average Bonchev–Trinajstić information content (AvgIpc) is 3.09. The fourth-order valence-corrected chi connectivity index (χ4v) is 2.40. The maximum atomic E-state index is 13.8. The van der Waals surface area contributed by atoms with Crippen molar-refractivity contribution in [1.82, 2.24) is 5.32 Å². The monoisotopic (exact) mass is 251 g/mol. The van der Waals surface area contributed by atoms with Crippen molar-refractivity contribution in [3.8, 4) is 5.75 Å². The topological polar surface area (TPSA) is 21.3 Å². The lowest BCUT2D eigenvalue weighted by molar-refractivity contribution is 0.360. The first-order valence-electron chi connectivity index (χ1n) is 6.67. The molecule has 0 aromatic heterocycles. The van der Waals surface area contributed by atoms with E-state index >= 15 is 0 Å². The quantitative estimate of drug-likeness (QED) is 0.832. The predicted octanol–water partition coefficient (Wildman–Crippen LogP) is 3.68. The van der Waals surface area contributed by atoms with Crippen molar-refractivity contribution in [3.63, 3.8) is 0 Å². The Morgan fingerprint density at radius 2 is 2.17 bits per heavy atom.